The van der Waals surface area contributed by atoms with Crippen LogP contribution in [-0.2, 0) is 0 Å². The largest absolute Gasteiger partial charge is 0.489 e. The quantitative estimate of drug-likeness (QED) is 0.687. The highest BCUT2D eigenvalue weighted by molar-refractivity contribution is 6.13. The van der Waals surface area contributed by atoms with E-state index >= 15 is 0 Å². The van der Waals surface area contributed by atoms with Crippen molar-refractivity contribution in [2.75, 3.05) is 18.1 Å². The number of pyridine rings is 1. The number of para-hydroxylation sites is 1. The number of rotatable bonds is 1. The predicted molar refractivity (Wildman–Crippen MR) is 85.3 cm³/mol. The number of ether oxygens (including phenoxy) is 1. The van der Waals surface area contributed by atoms with Gasteiger partial charge < -0.3 is 4.74 Å². The van der Waals surface area contributed by atoms with Crippen molar-refractivity contribution >= 4 is 22.5 Å². The third kappa shape index (κ3) is 2.27. The van der Waals surface area contributed by atoms with Crippen molar-refractivity contribution in [3.8, 4) is 5.75 Å². The van der Waals surface area contributed by atoms with E-state index in [1.165, 1.54) is 29.3 Å². The SMILES string of the molecule is O=C(c1cc(F)cc2cccnc12)N1CCOc2cccc(F)c21. The van der Waals surface area contributed by atoms with Crippen LogP contribution >= 0.6 is 0 Å². The molecule has 4 nitrogen and oxygen atoms in total. The number of nitrogens with zero attached hydrogens (tertiary/aromatic N) is 2. The van der Waals surface area contributed by atoms with Crippen molar-refractivity contribution in [3.05, 3.63) is 65.9 Å². The number of halogens is 2. The van der Waals surface area contributed by atoms with Crippen LogP contribution in [0, 0.1) is 11.6 Å². The molecule has 0 saturated carbocycles. The third-order valence-electron chi connectivity index (χ3n) is 3.94. The Morgan fingerprint density at radius 1 is 1.17 bits per heavy atom. The van der Waals surface area contributed by atoms with Crippen molar-refractivity contribution in [1.29, 1.82) is 0 Å². The zero-order valence-electron chi connectivity index (χ0n) is 12.5. The summed E-state index contributed by atoms with van der Waals surface area (Å²) in [4.78, 5) is 18.4. The molecular weight excluding hydrogens is 314 g/mol. The van der Waals surface area contributed by atoms with E-state index in [4.69, 9.17) is 4.74 Å². The average molecular weight is 326 g/mol. The molecule has 0 radical (unpaired) electrons. The van der Waals surface area contributed by atoms with Gasteiger partial charge in [-0.3, -0.25) is 14.7 Å². The Hall–Kier alpha value is -3.02. The molecule has 1 aromatic heterocycles. The van der Waals surface area contributed by atoms with Gasteiger partial charge in [-0.05, 0) is 30.3 Å². The normalized spacial score (nSPS) is 13.5. The van der Waals surface area contributed by atoms with Gasteiger partial charge in [-0.2, -0.15) is 0 Å². The molecule has 0 unspecified atom stereocenters. The summed E-state index contributed by atoms with van der Waals surface area (Å²) in [5, 5.41) is 0.517. The highest BCUT2D eigenvalue weighted by Crippen LogP contribution is 2.35. The van der Waals surface area contributed by atoms with Gasteiger partial charge in [-0.25, -0.2) is 8.78 Å². The Bertz CT molecular complexity index is 959. The first-order valence-corrected chi connectivity index (χ1v) is 7.42. The van der Waals surface area contributed by atoms with Crippen LogP contribution in [-0.4, -0.2) is 24.0 Å². The van der Waals surface area contributed by atoms with Crippen LogP contribution in [0.5, 0.6) is 5.75 Å². The van der Waals surface area contributed by atoms with Gasteiger partial charge in [0.15, 0.2) is 5.82 Å². The Kier molecular flexibility index (Phi) is 3.37. The van der Waals surface area contributed by atoms with Crippen molar-refractivity contribution in [2.24, 2.45) is 0 Å². The molecular formula is C18H12F2N2O2. The summed E-state index contributed by atoms with van der Waals surface area (Å²) in [6.07, 6.45) is 1.53. The molecule has 4 rings (SSSR count). The summed E-state index contributed by atoms with van der Waals surface area (Å²) in [6.45, 7) is 0.417. The van der Waals surface area contributed by atoms with Crippen LogP contribution in [0.3, 0.4) is 0 Å². The molecule has 2 aromatic carbocycles. The number of carbonyl (C=O) groups is 1. The summed E-state index contributed by atoms with van der Waals surface area (Å²) >= 11 is 0. The second-order valence-electron chi connectivity index (χ2n) is 5.42. The van der Waals surface area contributed by atoms with Crippen LogP contribution < -0.4 is 9.64 Å². The van der Waals surface area contributed by atoms with Crippen molar-refractivity contribution in [3.63, 3.8) is 0 Å². The molecule has 0 N–H and O–H groups in total. The number of amides is 1. The Morgan fingerprint density at radius 3 is 2.92 bits per heavy atom. The fraction of sp³-hybridized carbons (Fsp3) is 0.111. The van der Waals surface area contributed by atoms with Gasteiger partial charge in [0, 0.05) is 11.6 Å². The van der Waals surface area contributed by atoms with Crippen LogP contribution in [0.4, 0.5) is 14.5 Å². The highest BCUT2D eigenvalue weighted by Gasteiger charge is 2.29. The monoisotopic (exact) mass is 326 g/mol. The van der Waals surface area contributed by atoms with Crippen LogP contribution in [0.25, 0.3) is 10.9 Å². The average Bonchev–Trinajstić information content (AvgIpc) is 2.60. The molecule has 6 heteroatoms. The zero-order chi connectivity index (χ0) is 16.7. The topological polar surface area (TPSA) is 42.4 Å². The first kappa shape index (κ1) is 14.6. The number of hydrogen-bond acceptors (Lipinski definition) is 3. The first-order valence-electron chi connectivity index (χ1n) is 7.42. The highest BCUT2D eigenvalue weighted by atomic mass is 19.1. The van der Waals surface area contributed by atoms with Crippen LogP contribution in [0.15, 0.2) is 48.7 Å². The minimum atomic E-state index is -0.561. The second-order valence-corrected chi connectivity index (χ2v) is 5.42. The molecule has 1 aliphatic heterocycles. The summed E-state index contributed by atoms with van der Waals surface area (Å²) in [7, 11) is 0. The lowest BCUT2D eigenvalue weighted by molar-refractivity contribution is 0.0976. The number of hydrogen-bond donors (Lipinski definition) is 0. The van der Waals surface area contributed by atoms with E-state index in [2.05, 4.69) is 4.98 Å². The molecule has 1 amide bonds. The summed E-state index contributed by atoms with van der Waals surface area (Å²) < 4.78 is 33.5. The molecule has 0 bridgehead atoms. The number of aromatic nitrogens is 1. The molecule has 0 atom stereocenters. The van der Waals surface area contributed by atoms with E-state index in [0.717, 1.165) is 6.07 Å². The Balaban J connectivity index is 1.87. The minimum Gasteiger partial charge on any atom is -0.489 e. The second kappa shape index (κ2) is 5.56. The summed E-state index contributed by atoms with van der Waals surface area (Å²) in [6, 6.07) is 10.2. The molecule has 120 valence electrons. The van der Waals surface area contributed by atoms with Crippen molar-refractivity contribution < 1.29 is 18.3 Å². The van der Waals surface area contributed by atoms with Crippen LogP contribution in [0.2, 0.25) is 0 Å². The first-order chi connectivity index (χ1) is 11.6. The molecule has 0 fully saturated rings. The van der Waals surface area contributed by atoms with Gasteiger partial charge in [0.05, 0.1) is 17.6 Å². The zero-order valence-corrected chi connectivity index (χ0v) is 12.5. The molecule has 1 aliphatic rings. The maximum absolute atomic E-state index is 14.2. The lowest BCUT2D eigenvalue weighted by Gasteiger charge is -2.30. The van der Waals surface area contributed by atoms with Gasteiger partial charge in [-0.1, -0.05) is 12.1 Å². The molecule has 0 spiro atoms. The Morgan fingerprint density at radius 2 is 2.04 bits per heavy atom. The van der Waals surface area contributed by atoms with Gasteiger partial charge in [0.1, 0.15) is 23.9 Å². The maximum atomic E-state index is 14.2. The standard InChI is InChI=1S/C18H12F2N2O2/c19-12-9-11-3-2-6-21-16(11)13(10-12)18(23)22-7-8-24-15-5-1-4-14(20)17(15)22/h1-6,9-10H,7-8H2. The van der Waals surface area contributed by atoms with E-state index < -0.39 is 17.5 Å². The van der Waals surface area contributed by atoms with E-state index in [1.54, 1.807) is 18.2 Å². The van der Waals surface area contributed by atoms with Gasteiger partial charge in [0.25, 0.3) is 5.91 Å². The number of anilines is 1. The molecule has 3 aromatic rings. The summed E-state index contributed by atoms with van der Waals surface area (Å²) in [5.74, 6) is -1.31. The van der Waals surface area contributed by atoms with E-state index in [9.17, 15) is 13.6 Å². The van der Waals surface area contributed by atoms with Gasteiger partial charge in [-0.15, -0.1) is 0 Å². The molecule has 0 saturated heterocycles. The van der Waals surface area contributed by atoms with E-state index in [0.29, 0.717) is 16.7 Å². The fourth-order valence-electron chi connectivity index (χ4n) is 2.90. The predicted octanol–water partition coefficient (Wildman–Crippen LogP) is 3.55. The van der Waals surface area contributed by atoms with Crippen molar-refractivity contribution in [1.82, 2.24) is 4.98 Å². The number of carbonyl (C=O) groups excluding carboxylic acids is 1. The van der Waals surface area contributed by atoms with E-state index in [1.807, 2.05) is 0 Å². The maximum Gasteiger partial charge on any atom is 0.260 e. The van der Waals surface area contributed by atoms with Crippen molar-refractivity contribution in [2.45, 2.75) is 0 Å². The van der Waals surface area contributed by atoms with Gasteiger partial charge >= 0.3 is 0 Å². The summed E-state index contributed by atoms with van der Waals surface area (Å²) in [5.41, 5.74) is 0.553. The molecule has 0 aliphatic carbocycles. The van der Waals surface area contributed by atoms with E-state index in [-0.39, 0.29) is 24.4 Å². The molecule has 24 heavy (non-hydrogen) atoms. The van der Waals surface area contributed by atoms with Crippen LogP contribution in [0.1, 0.15) is 10.4 Å². The lowest BCUT2D eigenvalue weighted by atomic mass is 10.1. The lowest BCUT2D eigenvalue weighted by Crippen LogP contribution is -2.38. The van der Waals surface area contributed by atoms with Gasteiger partial charge in [0.2, 0.25) is 0 Å². The number of benzene rings is 2. The number of fused-ring (bicyclic) bond motifs is 2. The molecule has 2 heterocycles. The minimum absolute atomic E-state index is 0.0714. The smallest absolute Gasteiger partial charge is 0.260 e. The third-order valence-corrected chi connectivity index (χ3v) is 3.94. The fourth-order valence-corrected chi connectivity index (χ4v) is 2.90. The Labute approximate surface area is 136 Å².